The summed E-state index contributed by atoms with van der Waals surface area (Å²) in [5.41, 5.74) is 0.0780. The Kier molecular flexibility index (Phi) is 4.27. The number of nitrogens with zero attached hydrogens (tertiary/aromatic N) is 1. The first kappa shape index (κ1) is 14.6. The molecule has 0 radical (unpaired) electrons. The van der Waals surface area contributed by atoms with Crippen molar-refractivity contribution in [2.75, 3.05) is 0 Å². The molecule has 6 heteroatoms. The Morgan fingerprint density at radius 1 is 1.24 bits per heavy atom. The maximum absolute atomic E-state index is 13.7. The SMILES string of the molecule is CC(Oc1ccc([N+](=O)[O-])cc1F)C(=O)c1ccccc1. The lowest BCUT2D eigenvalue weighted by molar-refractivity contribution is -0.385. The number of rotatable bonds is 5. The zero-order valence-corrected chi connectivity index (χ0v) is 11.2. The van der Waals surface area contributed by atoms with Gasteiger partial charge in [0, 0.05) is 11.6 Å². The zero-order chi connectivity index (χ0) is 15.4. The Labute approximate surface area is 120 Å². The number of benzene rings is 2. The van der Waals surface area contributed by atoms with Crippen LogP contribution in [0.5, 0.6) is 5.75 Å². The van der Waals surface area contributed by atoms with Crippen LogP contribution in [0.1, 0.15) is 17.3 Å². The molecule has 0 aliphatic carbocycles. The van der Waals surface area contributed by atoms with E-state index in [1.807, 2.05) is 0 Å². The second-order valence-corrected chi connectivity index (χ2v) is 4.36. The molecule has 0 heterocycles. The van der Waals surface area contributed by atoms with Crippen LogP contribution < -0.4 is 4.74 Å². The van der Waals surface area contributed by atoms with E-state index in [2.05, 4.69) is 0 Å². The summed E-state index contributed by atoms with van der Waals surface area (Å²) in [5, 5.41) is 10.5. The van der Waals surface area contributed by atoms with Crippen molar-refractivity contribution in [3.63, 3.8) is 0 Å². The first-order chi connectivity index (χ1) is 9.99. The summed E-state index contributed by atoms with van der Waals surface area (Å²) in [5.74, 6) is -1.37. The van der Waals surface area contributed by atoms with Crippen molar-refractivity contribution in [2.45, 2.75) is 13.0 Å². The molecule has 1 unspecified atom stereocenters. The largest absolute Gasteiger partial charge is 0.479 e. The van der Waals surface area contributed by atoms with E-state index in [0.717, 1.165) is 18.2 Å². The van der Waals surface area contributed by atoms with Crippen molar-refractivity contribution in [2.24, 2.45) is 0 Å². The van der Waals surface area contributed by atoms with Crippen molar-refractivity contribution in [3.05, 3.63) is 70.0 Å². The van der Waals surface area contributed by atoms with Crippen molar-refractivity contribution in [1.82, 2.24) is 0 Å². The number of non-ortho nitro benzene ring substituents is 1. The summed E-state index contributed by atoms with van der Waals surface area (Å²) in [7, 11) is 0. The Bertz CT molecular complexity index is 673. The highest BCUT2D eigenvalue weighted by atomic mass is 19.1. The molecule has 5 nitrogen and oxygen atoms in total. The van der Waals surface area contributed by atoms with Crippen LogP contribution in [0, 0.1) is 15.9 Å². The highest BCUT2D eigenvalue weighted by Gasteiger charge is 2.19. The van der Waals surface area contributed by atoms with Gasteiger partial charge in [0.15, 0.2) is 17.7 Å². The monoisotopic (exact) mass is 289 g/mol. The molecule has 1 atom stereocenters. The van der Waals surface area contributed by atoms with Gasteiger partial charge in [-0.3, -0.25) is 14.9 Å². The number of Topliss-reactive ketones (excluding diaryl/α,β-unsaturated/α-hetero) is 1. The number of halogens is 1. The Morgan fingerprint density at radius 2 is 1.90 bits per heavy atom. The predicted octanol–water partition coefficient (Wildman–Crippen LogP) is 3.38. The first-order valence-corrected chi connectivity index (χ1v) is 6.19. The lowest BCUT2D eigenvalue weighted by Gasteiger charge is -2.14. The van der Waals surface area contributed by atoms with Gasteiger partial charge in [-0.15, -0.1) is 0 Å². The molecule has 0 spiro atoms. The quantitative estimate of drug-likeness (QED) is 0.480. The van der Waals surface area contributed by atoms with E-state index >= 15 is 0 Å². The van der Waals surface area contributed by atoms with Gasteiger partial charge in [0.25, 0.3) is 5.69 Å². The van der Waals surface area contributed by atoms with Gasteiger partial charge in [-0.1, -0.05) is 30.3 Å². The normalized spacial score (nSPS) is 11.7. The molecular weight excluding hydrogens is 277 g/mol. The summed E-state index contributed by atoms with van der Waals surface area (Å²) in [6.45, 7) is 1.50. The molecule has 0 amide bonds. The van der Waals surface area contributed by atoms with Crippen LogP contribution in [-0.2, 0) is 0 Å². The Balaban J connectivity index is 2.14. The van der Waals surface area contributed by atoms with E-state index in [1.165, 1.54) is 6.92 Å². The van der Waals surface area contributed by atoms with Crippen LogP contribution in [0.15, 0.2) is 48.5 Å². The molecule has 2 aromatic carbocycles. The molecular formula is C15H12FNO4. The van der Waals surface area contributed by atoms with Crippen molar-refractivity contribution in [1.29, 1.82) is 0 Å². The molecule has 21 heavy (non-hydrogen) atoms. The fourth-order valence-electron chi connectivity index (χ4n) is 1.78. The summed E-state index contributed by atoms with van der Waals surface area (Å²) < 4.78 is 18.9. The third kappa shape index (κ3) is 3.42. The third-order valence-corrected chi connectivity index (χ3v) is 2.86. The van der Waals surface area contributed by atoms with E-state index in [1.54, 1.807) is 30.3 Å². The molecule has 0 aliphatic heterocycles. The summed E-state index contributed by atoms with van der Waals surface area (Å²) >= 11 is 0. The van der Waals surface area contributed by atoms with E-state index in [4.69, 9.17) is 4.74 Å². The number of hydrogen-bond acceptors (Lipinski definition) is 4. The van der Waals surface area contributed by atoms with Crippen LogP contribution in [0.3, 0.4) is 0 Å². The molecule has 2 rings (SSSR count). The van der Waals surface area contributed by atoms with Gasteiger partial charge < -0.3 is 4.74 Å². The maximum Gasteiger partial charge on any atom is 0.272 e. The van der Waals surface area contributed by atoms with Crippen LogP contribution in [0.25, 0.3) is 0 Å². The second kappa shape index (κ2) is 6.13. The number of carbonyl (C=O) groups excluding carboxylic acids is 1. The Morgan fingerprint density at radius 3 is 2.48 bits per heavy atom. The van der Waals surface area contributed by atoms with E-state index in [0.29, 0.717) is 5.56 Å². The number of nitro benzene ring substituents is 1. The molecule has 0 N–H and O–H groups in total. The fraction of sp³-hybridized carbons (Fsp3) is 0.133. The smallest absolute Gasteiger partial charge is 0.272 e. The van der Waals surface area contributed by atoms with Gasteiger partial charge >= 0.3 is 0 Å². The van der Waals surface area contributed by atoms with Crippen LogP contribution in [-0.4, -0.2) is 16.8 Å². The van der Waals surface area contributed by atoms with E-state index in [-0.39, 0.29) is 17.2 Å². The van der Waals surface area contributed by atoms with Crippen molar-refractivity contribution in [3.8, 4) is 5.75 Å². The number of carbonyl (C=O) groups is 1. The first-order valence-electron chi connectivity index (χ1n) is 6.19. The predicted molar refractivity (Wildman–Crippen MR) is 73.9 cm³/mol. The maximum atomic E-state index is 13.7. The van der Waals surface area contributed by atoms with Gasteiger partial charge in [-0.2, -0.15) is 0 Å². The number of nitro groups is 1. The third-order valence-electron chi connectivity index (χ3n) is 2.86. The second-order valence-electron chi connectivity index (χ2n) is 4.36. The molecule has 0 bridgehead atoms. The summed E-state index contributed by atoms with van der Waals surface area (Å²) in [6, 6.07) is 11.5. The molecule has 2 aromatic rings. The van der Waals surface area contributed by atoms with Gasteiger partial charge in [-0.25, -0.2) is 4.39 Å². The lowest BCUT2D eigenvalue weighted by Crippen LogP contribution is -2.24. The molecule has 0 aliphatic rings. The average Bonchev–Trinajstić information content (AvgIpc) is 2.49. The lowest BCUT2D eigenvalue weighted by atomic mass is 10.1. The fourth-order valence-corrected chi connectivity index (χ4v) is 1.78. The van der Waals surface area contributed by atoms with E-state index in [9.17, 15) is 19.3 Å². The van der Waals surface area contributed by atoms with Gasteiger partial charge in [0.05, 0.1) is 11.0 Å². The number of hydrogen-bond donors (Lipinski definition) is 0. The average molecular weight is 289 g/mol. The van der Waals surface area contributed by atoms with Crippen LogP contribution in [0.4, 0.5) is 10.1 Å². The topological polar surface area (TPSA) is 69.4 Å². The molecule has 0 fully saturated rings. The van der Waals surface area contributed by atoms with Crippen LogP contribution >= 0.6 is 0 Å². The number of ether oxygens (including phenoxy) is 1. The summed E-state index contributed by atoms with van der Waals surface area (Å²) in [4.78, 5) is 21.9. The molecule has 0 aromatic heterocycles. The van der Waals surface area contributed by atoms with Gasteiger partial charge in [0.2, 0.25) is 5.78 Å². The number of ketones is 1. The minimum absolute atomic E-state index is 0.197. The van der Waals surface area contributed by atoms with Crippen molar-refractivity contribution >= 4 is 11.5 Å². The Hall–Kier alpha value is -2.76. The zero-order valence-electron chi connectivity index (χ0n) is 11.2. The summed E-state index contributed by atoms with van der Waals surface area (Å²) in [6.07, 6.45) is -0.900. The van der Waals surface area contributed by atoms with Gasteiger partial charge in [0.1, 0.15) is 0 Å². The molecule has 0 saturated heterocycles. The molecule has 108 valence electrons. The van der Waals surface area contributed by atoms with Crippen LogP contribution in [0.2, 0.25) is 0 Å². The highest BCUT2D eigenvalue weighted by Crippen LogP contribution is 2.24. The van der Waals surface area contributed by atoms with Gasteiger partial charge in [-0.05, 0) is 13.0 Å². The van der Waals surface area contributed by atoms with E-state index < -0.39 is 16.8 Å². The minimum Gasteiger partial charge on any atom is -0.479 e. The molecule has 0 saturated carbocycles. The van der Waals surface area contributed by atoms with Crippen molar-refractivity contribution < 1.29 is 18.8 Å². The standard InChI is InChI=1S/C15H12FNO4/c1-10(15(18)11-5-3-2-4-6-11)21-14-8-7-12(17(19)20)9-13(14)16/h2-10H,1H3. The highest BCUT2D eigenvalue weighted by molar-refractivity contribution is 5.99. The minimum atomic E-state index is -0.900.